The highest BCUT2D eigenvalue weighted by Crippen LogP contribution is 2.25. The van der Waals surface area contributed by atoms with Crippen molar-refractivity contribution in [3.63, 3.8) is 0 Å². The first-order chi connectivity index (χ1) is 10.8. The molecule has 4 rings (SSSR count). The predicted octanol–water partition coefficient (Wildman–Crippen LogP) is 4.48. The molecule has 0 fully saturated rings. The lowest BCUT2D eigenvalue weighted by atomic mass is 10.1. The number of nitrogens with zero attached hydrogens (tertiary/aromatic N) is 3. The van der Waals surface area contributed by atoms with Gasteiger partial charge in [0.15, 0.2) is 5.82 Å². The van der Waals surface area contributed by atoms with E-state index in [0.717, 1.165) is 27.9 Å². The monoisotopic (exact) mass is 285 g/mol. The van der Waals surface area contributed by atoms with Crippen molar-refractivity contribution in [3.05, 3.63) is 72.6 Å². The van der Waals surface area contributed by atoms with Gasteiger partial charge in [0.1, 0.15) is 0 Å². The Morgan fingerprint density at radius 3 is 2.59 bits per heavy atom. The zero-order chi connectivity index (χ0) is 14.9. The van der Waals surface area contributed by atoms with Crippen molar-refractivity contribution in [1.29, 1.82) is 0 Å². The number of aryl methyl sites for hydroxylation is 1. The van der Waals surface area contributed by atoms with Gasteiger partial charge in [-0.05, 0) is 23.6 Å². The van der Waals surface area contributed by atoms with E-state index in [1.807, 2.05) is 55.7 Å². The van der Waals surface area contributed by atoms with Crippen LogP contribution in [0.25, 0.3) is 21.8 Å². The molecule has 0 aliphatic heterocycles. The second-order valence-electron chi connectivity index (χ2n) is 5.27. The standard InChI is InChI=1S/C19H15N3/c1-22-18-12-5-4-10-17(18)21-19(22)13-20-16-11-6-8-14-7-2-3-9-15(14)16/h2-13H,1H3. The highest BCUT2D eigenvalue weighted by atomic mass is 15.1. The Morgan fingerprint density at radius 2 is 1.68 bits per heavy atom. The molecule has 22 heavy (non-hydrogen) atoms. The fraction of sp³-hybridized carbons (Fsp3) is 0.0526. The number of imidazole rings is 1. The lowest BCUT2D eigenvalue weighted by molar-refractivity contribution is 0.935. The van der Waals surface area contributed by atoms with Crippen molar-refractivity contribution < 1.29 is 0 Å². The number of hydrogen-bond donors (Lipinski definition) is 0. The molecular weight excluding hydrogens is 270 g/mol. The summed E-state index contributed by atoms with van der Waals surface area (Å²) in [6.45, 7) is 0. The van der Waals surface area contributed by atoms with Gasteiger partial charge in [0, 0.05) is 12.4 Å². The van der Waals surface area contributed by atoms with E-state index in [1.54, 1.807) is 0 Å². The summed E-state index contributed by atoms with van der Waals surface area (Å²) < 4.78 is 2.06. The highest BCUT2D eigenvalue weighted by Gasteiger charge is 2.04. The van der Waals surface area contributed by atoms with Crippen molar-refractivity contribution in [2.75, 3.05) is 0 Å². The summed E-state index contributed by atoms with van der Waals surface area (Å²) in [6.07, 6.45) is 1.84. The molecule has 1 heterocycles. The van der Waals surface area contributed by atoms with E-state index in [0.29, 0.717) is 0 Å². The zero-order valence-corrected chi connectivity index (χ0v) is 12.3. The Bertz CT molecular complexity index is 991. The average molecular weight is 285 g/mol. The zero-order valence-electron chi connectivity index (χ0n) is 12.3. The van der Waals surface area contributed by atoms with Gasteiger partial charge in [-0.25, -0.2) is 4.98 Å². The third-order valence-electron chi connectivity index (χ3n) is 3.91. The predicted molar refractivity (Wildman–Crippen MR) is 91.9 cm³/mol. The van der Waals surface area contributed by atoms with E-state index in [4.69, 9.17) is 0 Å². The Kier molecular flexibility index (Phi) is 2.97. The molecule has 3 heteroatoms. The van der Waals surface area contributed by atoms with Crippen LogP contribution in [0.2, 0.25) is 0 Å². The molecule has 0 radical (unpaired) electrons. The summed E-state index contributed by atoms with van der Waals surface area (Å²) in [4.78, 5) is 9.27. The van der Waals surface area contributed by atoms with Crippen molar-refractivity contribution in [3.8, 4) is 0 Å². The second-order valence-corrected chi connectivity index (χ2v) is 5.27. The lowest BCUT2D eigenvalue weighted by Crippen LogP contribution is -1.95. The third kappa shape index (κ3) is 2.07. The van der Waals surface area contributed by atoms with E-state index >= 15 is 0 Å². The van der Waals surface area contributed by atoms with E-state index in [-0.39, 0.29) is 0 Å². The van der Waals surface area contributed by atoms with Crippen molar-refractivity contribution in [1.82, 2.24) is 9.55 Å². The molecule has 3 nitrogen and oxygen atoms in total. The van der Waals surface area contributed by atoms with E-state index < -0.39 is 0 Å². The molecule has 0 saturated heterocycles. The first kappa shape index (κ1) is 12.8. The summed E-state index contributed by atoms with van der Waals surface area (Å²) in [7, 11) is 2.01. The maximum atomic E-state index is 4.65. The topological polar surface area (TPSA) is 30.2 Å². The van der Waals surface area contributed by atoms with Crippen LogP contribution in [0.1, 0.15) is 5.82 Å². The van der Waals surface area contributed by atoms with Crippen molar-refractivity contribution in [2.45, 2.75) is 0 Å². The summed E-state index contributed by atoms with van der Waals surface area (Å²) in [5.41, 5.74) is 3.07. The highest BCUT2D eigenvalue weighted by molar-refractivity contribution is 5.95. The van der Waals surface area contributed by atoms with E-state index in [9.17, 15) is 0 Å². The number of para-hydroxylation sites is 2. The Balaban J connectivity index is 1.81. The third-order valence-corrected chi connectivity index (χ3v) is 3.91. The molecule has 0 aliphatic carbocycles. The van der Waals surface area contributed by atoms with E-state index in [1.165, 1.54) is 5.39 Å². The quantitative estimate of drug-likeness (QED) is 0.499. The average Bonchev–Trinajstić information content (AvgIpc) is 2.89. The molecule has 0 bridgehead atoms. The van der Waals surface area contributed by atoms with Crippen LogP contribution in [0.15, 0.2) is 71.7 Å². The van der Waals surface area contributed by atoms with Crippen LogP contribution in [0.4, 0.5) is 5.69 Å². The van der Waals surface area contributed by atoms with Crippen LogP contribution in [-0.4, -0.2) is 15.8 Å². The fourth-order valence-corrected chi connectivity index (χ4v) is 2.73. The van der Waals surface area contributed by atoms with Crippen LogP contribution in [0, 0.1) is 0 Å². The molecule has 0 aliphatic rings. The molecule has 0 unspecified atom stereocenters. The molecule has 106 valence electrons. The van der Waals surface area contributed by atoms with Gasteiger partial charge in [-0.2, -0.15) is 0 Å². The molecular formula is C19H15N3. The van der Waals surface area contributed by atoms with Gasteiger partial charge in [0.25, 0.3) is 0 Å². The Labute approximate surface area is 128 Å². The summed E-state index contributed by atoms with van der Waals surface area (Å²) in [5.74, 6) is 0.856. The minimum absolute atomic E-state index is 0.856. The van der Waals surface area contributed by atoms with Crippen LogP contribution in [0.5, 0.6) is 0 Å². The maximum absolute atomic E-state index is 4.65. The van der Waals surface area contributed by atoms with Crippen molar-refractivity contribution >= 4 is 33.7 Å². The number of aliphatic imine (C=N–C) groups is 1. The molecule has 1 aromatic heterocycles. The lowest BCUT2D eigenvalue weighted by Gasteiger charge is -2.01. The van der Waals surface area contributed by atoms with Gasteiger partial charge in [-0.1, -0.05) is 48.5 Å². The van der Waals surface area contributed by atoms with Gasteiger partial charge in [-0.3, -0.25) is 4.99 Å². The summed E-state index contributed by atoms with van der Waals surface area (Å²) >= 11 is 0. The normalized spacial score (nSPS) is 11.7. The molecule has 3 aromatic carbocycles. The summed E-state index contributed by atoms with van der Waals surface area (Å²) in [5, 5.41) is 2.35. The molecule has 0 spiro atoms. The number of rotatable bonds is 2. The number of benzene rings is 3. The fourth-order valence-electron chi connectivity index (χ4n) is 2.73. The van der Waals surface area contributed by atoms with E-state index in [2.05, 4.69) is 38.8 Å². The van der Waals surface area contributed by atoms with Crippen molar-refractivity contribution in [2.24, 2.45) is 12.0 Å². The number of hydrogen-bond acceptors (Lipinski definition) is 2. The van der Waals surface area contributed by atoms with Gasteiger partial charge < -0.3 is 4.57 Å². The smallest absolute Gasteiger partial charge is 0.152 e. The minimum atomic E-state index is 0.856. The molecule has 0 amide bonds. The van der Waals surface area contributed by atoms with Gasteiger partial charge in [-0.15, -0.1) is 0 Å². The molecule has 0 saturated carbocycles. The first-order valence-electron chi connectivity index (χ1n) is 7.26. The van der Waals surface area contributed by atoms with Crippen LogP contribution >= 0.6 is 0 Å². The SMILES string of the molecule is Cn1c(C=Nc2cccc3ccccc23)nc2ccccc21. The van der Waals surface area contributed by atoms with Crippen LogP contribution in [0.3, 0.4) is 0 Å². The number of fused-ring (bicyclic) bond motifs is 2. The molecule has 4 aromatic rings. The Morgan fingerprint density at radius 1 is 0.909 bits per heavy atom. The Hall–Kier alpha value is -2.94. The second kappa shape index (κ2) is 5.11. The molecule has 0 N–H and O–H groups in total. The number of aromatic nitrogens is 2. The van der Waals surface area contributed by atoms with Gasteiger partial charge in [0.05, 0.1) is 22.9 Å². The maximum Gasteiger partial charge on any atom is 0.152 e. The first-order valence-corrected chi connectivity index (χ1v) is 7.26. The van der Waals surface area contributed by atoms with Gasteiger partial charge in [0.2, 0.25) is 0 Å². The largest absolute Gasteiger partial charge is 0.326 e. The summed E-state index contributed by atoms with van der Waals surface area (Å²) in [6, 6.07) is 22.5. The van der Waals surface area contributed by atoms with Crippen LogP contribution < -0.4 is 0 Å². The molecule has 0 atom stereocenters. The van der Waals surface area contributed by atoms with Crippen LogP contribution in [-0.2, 0) is 7.05 Å². The minimum Gasteiger partial charge on any atom is -0.326 e. The van der Waals surface area contributed by atoms with Gasteiger partial charge >= 0.3 is 0 Å².